The Balaban J connectivity index is 2.64. The molecule has 0 aliphatic heterocycles. The molecule has 1 atom stereocenters. The van der Waals surface area contributed by atoms with E-state index < -0.39 is 18.6 Å². The zero-order valence-corrected chi connectivity index (χ0v) is 7.04. The Morgan fingerprint density at radius 2 is 2.23 bits per heavy atom. The van der Waals surface area contributed by atoms with Crippen LogP contribution >= 0.6 is 0 Å². The van der Waals surface area contributed by atoms with Crippen molar-refractivity contribution in [2.45, 2.75) is 18.6 Å². The number of aromatic nitrogens is 2. The highest BCUT2D eigenvalue weighted by molar-refractivity contribution is 5.04. The van der Waals surface area contributed by atoms with Gasteiger partial charge in [0.15, 0.2) is 0 Å². The summed E-state index contributed by atoms with van der Waals surface area (Å²) in [7, 11) is 1.63. The Morgan fingerprint density at radius 1 is 1.62 bits per heavy atom. The third-order valence-electron chi connectivity index (χ3n) is 1.57. The van der Waals surface area contributed by atoms with Gasteiger partial charge in [-0.25, -0.2) is 0 Å². The van der Waals surface area contributed by atoms with Crippen LogP contribution in [0.3, 0.4) is 0 Å². The van der Waals surface area contributed by atoms with E-state index in [2.05, 4.69) is 5.10 Å². The summed E-state index contributed by atoms with van der Waals surface area (Å²) in [6.07, 6.45) is -3.72. The Kier molecular flexibility index (Phi) is 2.60. The minimum Gasteiger partial charge on any atom is -0.322 e. The van der Waals surface area contributed by atoms with Gasteiger partial charge in [0.25, 0.3) is 0 Å². The molecule has 3 nitrogen and oxygen atoms in total. The number of hydrogen-bond acceptors (Lipinski definition) is 2. The molecule has 1 heterocycles. The van der Waals surface area contributed by atoms with Crippen LogP contribution < -0.4 is 5.73 Å². The Labute approximate surface area is 73.3 Å². The fourth-order valence-electron chi connectivity index (χ4n) is 0.985. The summed E-state index contributed by atoms with van der Waals surface area (Å²) in [6.45, 7) is 0. The van der Waals surface area contributed by atoms with E-state index in [1.807, 2.05) is 0 Å². The van der Waals surface area contributed by atoms with Crippen molar-refractivity contribution in [1.82, 2.24) is 9.78 Å². The molecule has 0 unspecified atom stereocenters. The highest BCUT2D eigenvalue weighted by Gasteiger charge is 2.31. The maximum Gasteiger partial charge on any atom is 0.390 e. The van der Waals surface area contributed by atoms with Gasteiger partial charge in [0.1, 0.15) is 0 Å². The molecule has 0 spiro atoms. The molecular formula is C7H10F3N3. The average Bonchev–Trinajstić information content (AvgIpc) is 2.31. The second-order valence-corrected chi connectivity index (χ2v) is 2.84. The molecule has 0 saturated heterocycles. The van der Waals surface area contributed by atoms with Crippen molar-refractivity contribution < 1.29 is 13.2 Å². The minimum atomic E-state index is -4.24. The van der Waals surface area contributed by atoms with E-state index in [4.69, 9.17) is 5.73 Å². The van der Waals surface area contributed by atoms with Crippen LogP contribution in [-0.2, 0) is 7.05 Å². The van der Waals surface area contributed by atoms with Crippen molar-refractivity contribution in [2.24, 2.45) is 12.8 Å². The molecule has 1 aromatic rings. The molecule has 1 aromatic heterocycles. The number of hydrogen-bond donors (Lipinski definition) is 1. The van der Waals surface area contributed by atoms with Gasteiger partial charge in [-0.15, -0.1) is 0 Å². The second-order valence-electron chi connectivity index (χ2n) is 2.84. The molecule has 1 rings (SSSR count). The summed E-state index contributed by atoms with van der Waals surface area (Å²) in [5, 5.41) is 3.79. The summed E-state index contributed by atoms with van der Waals surface area (Å²) in [5.41, 5.74) is 5.56. The van der Waals surface area contributed by atoms with Gasteiger partial charge in [0.05, 0.1) is 18.2 Å². The summed E-state index contributed by atoms with van der Waals surface area (Å²) in [5.74, 6) is 0. The fourth-order valence-corrected chi connectivity index (χ4v) is 0.985. The third kappa shape index (κ3) is 3.06. The number of halogens is 3. The Morgan fingerprint density at radius 3 is 2.62 bits per heavy atom. The maximum absolute atomic E-state index is 11.9. The number of alkyl halides is 3. The van der Waals surface area contributed by atoms with Crippen LogP contribution in [0, 0.1) is 0 Å². The first-order valence-electron chi connectivity index (χ1n) is 3.70. The number of aryl methyl sites for hydroxylation is 1. The standard InChI is InChI=1S/C7H10F3N3/c1-13-3-2-6(12-13)5(11)4-7(8,9)10/h2-3,5H,4,11H2,1H3/t5-/m1/s1. The van der Waals surface area contributed by atoms with E-state index in [0.717, 1.165) is 0 Å². The summed E-state index contributed by atoms with van der Waals surface area (Å²) < 4.78 is 37.1. The van der Waals surface area contributed by atoms with Crippen LogP contribution in [0.5, 0.6) is 0 Å². The van der Waals surface area contributed by atoms with Gasteiger partial charge in [-0.05, 0) is 6.07 Å². The van der Waals surface area contributed by atoms with Crippen LogP contribution in [0.25, 0.3) is 0 Å². The van der Waals surface area contributed by atoms with Crippen LogP contribution in [-0.4, -0.2) is 16.0 Å². The summed E-state index contributed by atoms with van der Waals surface area (Å²) in [4.78, 5) is 0. The van der Waals surface area contributed by atoms with Crippen LogP contribution in [0.1, 0.15) is 18.2 Å². The van der Waals surface area contributed by atoms with E-state index in [0.29, 0.717) is 0 Å². The first-order valence-corrected chi connectivity index (χ1v) is 3.70. The van der Waals surface area contributed by atoms with Gasteiger partial charge < -0.3 is 5.73 Å². The lowest BCUT2D eigenvalue weighted by molar-refractivity contribution is -0.138. The molecule has 0 fully saturated rings. The Hall–Kier alpha value is -1.04. The fraction of sp³-hybridized carbons (Fsp3) is 0.571. The average molecular weight is 193 g/mol. The summed E-state index contributed by atoms with van der Waals surface area (Å²) in [6, 6.07) is 0.414. The van der Waals surface area contributed by atoms with Gasteiger partial charge in [-0.2, -0.15) is 18.3 Å². The van der Waals surface area contributed by atoms with E-state index in [-0.39, 0.29) is 5.69 Å². The van der Waals surface area contributed by atoms with Gasteiger partial charge in [0.2, 0.25) is 0 Å². The first kappa shape index (κ1) is 10.0. The van der Waals surface area contributed by atoms with Gasteiger partial charge in [-0.1, -0.05) is 0 Å². The lowest BCUT2D eigenvalue weighted by Gasteiger charge is -2.11. The zero-order valence-electron chi connectivity index (χ0n) is 7.04. The molecule has 0 amide bonds. The highest BCUT2D eigenvalue weighted by atomic mass is 19.4. The third-order valence-corrected chi connectivity index (χ3v) is 1.57. The first-order chi connectivity index (χ1) is 5.88. The van der Waals surface area contributed by atoms with Crippen molar-refractivity contribution in [3.05, 3.63) is 18.0 Å². The van der Waals surface area contributed by atoms with Crippen LogP contribution in [0.2, 0.25) is 0 Å². The molecule has 2 N–H and O–H groups in total. The molecule has 74 valence electrons. The van der Waals surface area contributed by atoms with Gasteiger partial charge >= 0.3 is 6.18 Å². The molecular weight excluding hydrogens is 183 g/mol. The molecule has 6 heteroatoms. The molecule has 0 aliphatic rings. The van der Waals surface area contributed by atoms with E-state index >= 15 is 0 Å². The van der Waals surface area contributed by atoms with E-state index in [1.165, 1.54) is 10.7 Å². The smallest absolute Gasteiger partial charge is 0.322 e. The van der Waals surface area contributed by atoms with Gasteiger partial charge in [-0.3, -0.25) is 4.68 Å². The largest absolute Gasteiger partial charge is 0.390 e. The van der Waals surface area contributed by atoms with E-state index in [1.54, 1.807) is 13.2 Å². The number of nitrogens with two attached hydrogens (primary N) is 1. The molecule has 0 saturated carbocycles. The topological polar surface area (TPSA) is 43.8 Å². The zero-order chi connectivity index (χ0) is 10.1. The SMILES string of the molecule is Cn1ccc([C@H](N)CC(F)(F)F)n1. The predicted octanol–water partition coefficient (Wildman–Crippen LogP) is 1.37. The highest BCUT2D eigenvalue weighted by Crippen LogP contribution is 2.26. The monoisotopic (exact) mass is 193 g/mol. The van der Waals surface area contributed by atoms with Crippen LogP contribution in [0.15, 0.2) is 12.3 Å². The molecule has 0 aromatic carbocycles. The van der Waals surface area contributed by atoms with Crippen molar-refractivity contribution in [3.63, 3.8) is 0 Å². The van der Waals surface area contributed by atoms with Crippen molar-refractivity contribution in [3.8, 4) is 0 Å². The predicted molar refractivity (Wildman–Crippen MR) is 40.8 cm³/mol. The molecule has 0 bridgehead atoms. The number of rotatable bonds is 2. The van der Waals surface area contributed by atoms with Crippen molar-refractivity contribution in [1.29, 1.82) is 0 Å². The van der Waals surface area contributed by atoms with Crippen LogP contribution in [0.4, 0.5) is 13.2 Å². The van der Waals surface area contributed by atoms with E-state index in [9.17, 15) is 13.2 Å². The maximum atomic E-state index is 11.9. The lowest BCUT2D eigenvalue weighted by atomic mass is 10.1. The Bertz CT molecular complexity index is 279. The molecule has 0 aliphatic carbocycles. The van der Waals surface area contributed by atoms with Gasteiger partial charge in [0, 0.05) is 13.2 Å². The normalized spacial score (nSPS) is 14.5. The van der Waals surface area contributed by atoms with Crippen molar-refractivity contribution >= 4 is 0 Å². The number of nitrogens with zero attached hydrogens (tertiary/aromatic N) is 2. The summed E-state index contributed by atoms with van der Waals surface area (Å²) >= 11 is 0. The second kappa shape index (κ2) is 3.37. The molecule has 13 heavy (non-hydrogen) atoms. The molecule has 0 radical (unpaired) electrons. The quantitative estimate of drug-likeness (QED) is 0.770. The minimum absolute atomic E-state index is 0.264. The lowest BCUT2D eigenvalue weighted by Crippen LogP contribution is -2.20. The van der Waals surface area contributed by atoms with Crippen molar-refractivity contribution in [2.75, 3.05) is 0 Å².